The number of alkyl carbamates (subject to hydrolysis) is 1. The predicted molar refractivity (Wildman–Crippen MR) is 111 cm³/mol. The number of methoxy groups -OCH3 is 1. The number of carbonyl (C=O) groups is 2. The van der Waals surface area contributed by atoms with Crippen molar-refractivity contribution < 1.29 is 14.3 Å². The molecule has 6 nitrogen and oxygen atoms in total. The molecule has 4 atom stereocenters. The van der Waals surface area contributed by atoms with Crippen LogP contribution in [-0.4, -0.2) is 47.8 Å². The van der Waals surface area contributed by atoms with Gasteiger partial charge in [0.1, 0.15) is 6.04 Å². The highest BCUT2D eigenvalue weighted by molar-refractivity contribution is 9.10. The molecule has 1 aromatic rings. The fourth-order valence-corrected chi connectivity index (χ4v) is 5.37. The van der Waals surface area contributed by atoms with Gasteiger partial charge < -0.3 is 15.0 Å². The highest BCUT2D eigenvalue weighted by atomic mass is 79.9. The maximum Gasteiger partial charge on any atom is 0.407 e. The molecular weight excluding hydrogens is 422 g/mol. The van der Waals surface area contributed by atoms with Crippen LogP contribution >= 0.6 is 15.9 Å². The fraction of sp³-hybridized carbons (Fsp3) is 0.571. The van der Waals surface area contributed by atoms with Crippen molar-refractivity contribution in [2.45, 2.75) is 57.7 Å². The third-order valence-electron chi connectivity index (χ3n) is 6.25. The number of carbonyl (C=O) groups excluding carboxylic acids is 2. The topological polar surface area (TPSA) is 71.0 Å². The van der Waals surface area contributed by atoms with Crippen LogP contribution in [0.1, 0.15) is 38.7 Å². The lowest BCUT2D eigenvalue weighted by Gasteiger charge is -2.38. The van der Waals surface area contributed by atoms with E-state index in [0.29, 0.717) is 5.92 Å². The molecule has 1 saturated carbocycles. The smallest absolute Gasteiger partial charge is 0.407 e. The van der Waals surface area contributed by atoms with E-state index in [9.17, 15) is 9.59 Å². The molecule has 150 valence electrons. The quantitative estimate of drug-likeness (QED) is 0.761. The van der Waals surface area contributed by atoms with Crippen LogP contribution < -0.4 is 5.32 Å². The summed E-state index contributed by atoms with van der Waals surface area (Å²) in [6, 6.07) is 5.82. The predicted octanol–water partition coefficient (Wildman–Crippen LogP) is 3.84. The molecule has 0 aromatic heterocycles. The molecule has 2 fully saturated rings. The summed E-state index contributed by atoms with van der Waals surface area (Å²) in [5.74, 6) is 0.416. The Kier molecular flexibility index (Phi) is 5.21. The summed E-state index contributed by atoms with van der Waals surface area (Å²) >= 11 is 3.53. The molecule has 7 heteroatoms. The van der Waals surface area contributed by atoms with Gasteiger partial charge >= 0.3 is 6.09 Å². The number of benzene rings is 1. The zero-order chi connectivity index (χ0) is 20.0. The van der Waals surface area contributed by atoms with Gasteiger partial charge in [0, 0.05) is 22.6 Å². The maximum atomic E-state index is 13.5. The van der Waals surface area contributed by atoms with Crippen LogP contribution in [-0.2, 0) is 16.0 Å². The largest absolute Gasteiger partial charge is 0.453 e. The summed E-state index contributed by atoms with van der Waals surface area (Å²) < 4.78 is 5.78. The number of piperidine rings is 1. The molecule has 2 heterocycles. The van der Waals surface area contributed by atoms with E-state index in [0.717, 1.165) is 41.6 Å². The number of hydrogen-bond acceptors (Lipinski definition) is 4. The molecule has 0 unspecified atom stereocenters. The summed E-state index contributed by atoms with van der Waals surface area (Å²) in [4.78, 5) is 32.2. The summed E-state index contributed by atoms with van der Waals surface area (Å²) in [5, 5.41) is 2.74. The number of aliphatic imine (C=N–C) groups is 1. The second kappa shape index (κ2) is 7.50. The van der Waals surface area contributed by atoms with Crippen LogP contribution in [0, 0.1) is 11.8 Å². The van der Waals surface area contributed by atoms with Crippen LogP contribution in [0.4, 0.5) is 10.5 Å². The number of halogens is 1. The molecule has 2 aliphatic heterocycles. The fourth-order valence-electron chi connectivity index (χ4n) is 4.96. The summed E-state index contributed by atoms with van der Waals surface area (Å²) in [6.45, 7) is 3.89. The SMILES string of the molecule is COC(=O)N[C@H](C(=O)N1[C@@H]2CC[C@@H](C2)[C@H]1C1=Nc2ccc(Br)cc2C1)C(C)C. The Balaban J connectivity index is 1.61. The Morgan fingerprint density at radius 1 is 1.32 bits per heavy atom. The lowest BCUT2D eigenvalue weighted by Crippen LogP contribution is -2.57. The molecule has 3 aliphatic rings. The normalized spacial score (nSPS) is 26.2. The van der Waals surface area contributed by atoms with Crippen LogP contribution in [0.25, 0.3) is 0 Å². The first-order chi connectivity index (χ1) is 13.4. The Morgan fingerprint density at radius 2 is 2.11 bits per heavy atom. The minimum absolute atomic E-state index is 0.0163. The Bertz CT molecular complexity index is 838. The molecule has 1 aromatic carbocycles. The van der Waals surface area contributed by atoms with Crippen molar-refractivity contribution in [3.05, 3.63) is 28.2 Å². The summed E-state index contributed by atoms with van der Waals surface area (Å²) in [7, 11) is 1.32. The molecule has 1 N–H and O–H groups in total. The summed E-state index contributed by atoms with van der Waals surface area (Å²) in [5.41, 5.74) is 3.28. The molecule has 0 spiro atoms. The zero-order valence-corrected chi connectivity index (χ0v) is 18.0. The Morgan fingerprint density at radius 3 is 2.82 bits per heavy atom. The Hall–Kier alpha value is -1.89. The van der Waals surface area contributed by atoms with E-state index < -0.39 is 12.1 Å². The van der Waals surface area contributed by atoms with Crippen molar-refractivity contribution >= 4 is 39.3 Å². The van der Waals surface area contributed by atoms with Crippen molar-refractivity contribution in [2.24, 2.45) is 16.8 Å². The molecule has 4 rings (SSSR count). The van der Waals surface area contributed by atoms with Crippen molar-refractivity contribution in [1.29, 1.82) is 0 Å². The Labute approximate surface area is 173 Å². The van der Waals surface area contributed by atoms with E-state index in [1.165, 1.54) is 12.7 Å². The lowest BCUT2D eigenvalue weighted by atomic mass is 9.91. The van der Waals surface area contributed by atoms with Gasteiger partial charge in [-0.1, -0.05) is 29.8 Å². The van der Waals surface area contributed by atoms with E-state index >= 15 is 0 Å². The minimum Gasteiger partial charge on any atom is -0.453 e. The molecule has 1 aliphatic carbocycles. The van der Waals surface area contributed by atoms with Gasteiger partial charge in [-0.15, -0.1) is 0 Å². The number of likely N-dealkylation sites (tertiary alicyclic amines) is 1. The standard InChI is InChI=1S/C21H26BrN3O3/c1-11(2)18(24-21(27)28-3)20(26)25-15-6-4-12(9-15)19(25)17-10-13-8-14(22)5-7-16(13)23-17/h5,7-8,11-12,15,18-19H,4,6,9-10H2,1-3H3,(H,24,27)/t12-,15+,18-,19-/m0/s1. The van der Waals surface area contributed by atoms with Gasteiger partial charge in [0.25, 0.3) is 0 Å². The van der Waals surface area contributed by atoms with Gasteiger partial charge in [-0.05, 0) is 54.9 Å². The van der Waals surface area contributed by atoms with E-state index in [2.05, 4.69) is 27.3 Å². The average molecular weight is 448 g/mol. The minimum atomic E-state index is -0.590. The van der Waals surface area contributed by atoms with Gasteiger partial charge in [-0.2, -0.15) is 0 Å². The highest BCUT2D eigenvalue weighted by Crippen LogP contribution is 2.45. The summed E-state index contributed by atoms with van der Waals surface area (Å²) in [6.07, 6.45) is 3.40. The third-order valence-corrected chi connectivity index (χ3v) is 6.74. The number of fused-ring (bicyclic) bond motifs is 3. The highest BCUT2D eigenvalue weighted by Gasteiger charge is 2.52. The number of nitrogens with one attached hydrogen (secondary N) is 1. The van der Waals surface area contributed by atoms with Gasteiger partial charge in [0.05, 0.1) is 18.8 Å². The molecule has 1 saturated heterocycles. The van der Waals surface area contributed by atoms with Crippen LogP contribution in [0.15, 0.2) is 27.7 Å². The van der Waals surface area contributed by atoms with Crippen molar-refractivity contribution in [3.63, 3.8) is 0 Å². The van der Waals surface area contributed by atoms with Crippen molar-refractivity contribution in [3.8, 4) is 0 Å². The van der Waals surface area contributed by atoms with E-state index in [1.807, 2.05) is 30.9 Å². The van der Waals surface area contributed by atoms with E-state index in [-0.39, 0.29) is 23.9 Å². The first-order valence-corrected chi connectivity index (χ1v) is 10.7. The molecule has 2 bridgehead atoms. The van der Waals surface area contributed by atoms with Crippen LogP contribution in [0.3, 0.4) is 0 Å². The number of ether oxygens (including phenoxy) is 1. The third kappa shape index (κ3) is 3.34. The molecule has 0 radical (unpaired) electrons. The van der Waals surface area contributed by atoms with Gasteiger partial charge in [0.15, 0.2) is 0 Å². The first-order valence-electron chi connectivity index (χ1n) is 9.91. The van der Waals surface area contributed by atoms with Crippen molar-refractivity contribution in [1.82, 2.24) is 10.2 Å². The number of amides is 2. The second-order valence-electron chi connectivity index (χ2n) is 8.33. The molecule has 28 heavy (non-hydrogen) atoms. The molecule has 2 amide bonds. The van der Waals surface area contributed by atoms with Gasteiger partial charge in [-0.3, -0.25) is 9.79 Å². The first kappa shape index (κ1) is 19.4. The monoisotopic (exact) mass is 447 g/mol. The van der Waals surface area contributed by atoms with Crippen LogP contribution in [0.2, 0.25) is 0 Å². The van der Waals surface area contributed by atoms with E-state index in [4.69, 9.17) is 9.73 Å². The maximum absolute atomic E-state index is 13.5. The number of hydrogen-bond donors (Lipinski definition) is 1. The van der Waals surface area contributed by atoms with E-state index in [1.54, 1.807) is 0 Å². The second-order valence-corrected chi connectivity index (χ2v) is 9.24. The van der Waals surface area contributed by atoms with Crippen molar-refractivity contribution in [2.75, 3.05) is 7.11 Å². The number of rotatable bonds is 4. The van der Waals surface area contributed by atoms with Crippen LogP contribution in [0.5, 0.6) is 0 Å². The molecular formula is C21H26BrN3O3. The lowest BCUT2D eigenvalue weighted by molar-refractivity contribution is -0.137. The zero-order valence-electron chi connectivity index (χ0n) is 16.4. The number of nitrogens with zero attached hydrogens (tertiary/aromatic N) is 2. The van der Waals surface area contributed by atoms with Gasteiger partial charge in [-0.25, -0.2) is 4.79 Å². The average Bonchev–Trinajstić information content (AvgIpc) is 3.37. The van der Waals surface area contributed by atoms with Gasteiger partial charge in [0.2, 0.25) is 5.91 Å².